The second-order valence-electron chi connectivity index (χ2n) is 5.59. The van der Waals surface area contributed by atoms with Crippen molar-refractivity contribution in [2.45, 2.75) is 38.6 Å². The Balaban J connectivity index is 2.20. The normalized spacial score (nSPS) is 21.3. The molecule has 1 aliphatic heterocycles. The minimum absolute atomic E-state index is 0.521. The van der Waals surface area contributed by atoms with Gasteiger partial charge in [-0.25, -0.2) is 4.98 Å². The highest BCUT2D eigenvalue weighted by molar-refractivity contribution is 5.43. The monoisotopic (exact) mass is 248 g/mol. The highest BCUT2D eigenvalue weighted by Gasteiger charge is 2.26. The van der Waals surface area contributed by atoms with Crippen molar-refractivity contribution in [2.75, 3.05) is 32.1 Å². The lowest BCUT2D eigenvalue weighted by atomic mass is 9.93. The van der Waals surface area contributed by atoms with E-state index in [0.717, 1.165) is 18.1 Å². The molecule has 1 unspecified atom stereocenters. The predicted molar refractivity (Wildman–Crippen MR) is 75.0 cm³/mol. The Morgan fingerprint density at radius 3 is 2.67 bits per heavy atom. The van der Waals surface area contributed by atoms with E-state index < -0.39 is 0 Å². The molecule has 2 rings (SSSR count). The van der Waals surface area contributed by atoms with Crippen LogP contribution in [-0.2, 0) is 0 Å². The van der Waals surface area contributed by atoms with E-state index >= 15 is 0 Å². The van der Waals surface area contributed by atoms with E-state index in [1.807, 2.05) is 20.3 Å². The average molecular weight is 248 g/mol. The topological polar surface area (TPSA) is 32.3 Å². The summed E-state index contributed by atoms with van der Waals surface area (Å²) in [4.78, 5) is 13.7. The third kappa shape index (κ3) is 2.80. The van der Waals surface area contributed by atoms with E-state index in [9.17, 15) is 0 Å². The molecule has 1 saturated heterocycles. The molecule has 0 amide bonds. The second-order valence-corrected chi connectivity index (χ2v) is 5.59. The van der Waals surface area contributed by atoms with E-state index in [4.69, 9.17) is 0 Å². The van der Waals surface area contributed by atoms with Crippen LogP contribution in [-0.4, -0.2) is 48.1 Å². The molecule has 18 heavy (non-hydrogen) atoms. The van der Waals surface area contributed by atoms with Gasteiger partial charge in [0.25, 0.3) is 0 Å². The molecule has 1 atom stereocenters. The highest BCUT2D eigenvalue weighted by atomic mass is 15.2. The van der Waals surface area contributed by atoms with Gasteiger partial charge in [-0.3, -0.25) is 4.98 Å². The second kappa shape index (κ2) is 5.65. The minimum atomic E-state index is 0.521. The fraction of sp³-hybridized carbons (Fsp3) is 0.714. The molecule has 0 spiro atoms. The van der Waals surface area contributed by atoms with Crippen LogP contribution < -0.4 is 4.90 Å². The molecule has 0 radical (unpaired) electrons. The molecule has 100 valence electrons. The van der Waals surface area contributed by atoms with Crippen molar-refractivity contribution in [3.05, 3.63) is 18.1 Å². The molecular weight excluding hydrogens is 224 g/mol. The number of piperidine rings is 1. The van der Waals surface area contributed by atoms with E-state index in [-0.39, 0.29) is 0 Å². The van der Waals surface area contributed by atoms with Crippen LogP contribution in [0.25, 0.3) is 0 Å². The van der Waals surface area contributed by atoms with Gasteiger partial charge >= 0.3 is 0 Å². The molecule has 4 heteroatoms. The molecule has 1 aromatic rings. The van der Waals surface area contributed by atoms with Crippen LogP contribution in [0.3, 0.4) is 0 Å². The van der Waals surface area contributed by atoms with Gasteiger partial charge in [-0.05, 0) is 33.2 Å². The lowest BCUT2D eigenvalue weighted by Gasteiger charge is -2.35. The Morgan fingerprint density at radius 1 is 1.28 bits per heavy atom. The number of hydrogen-bond acceptors (Lipinski definition) is 4. The van der Waals surface area contributed by atoms with Gasteiger partial charge in [0.2, 0.25) is 0 Å². The van der Waals surface area contributed by atoms with E-state index in [0.29, 0.717) is 12.0 Å². The summed E-state index contributed by atoms with van der Waals surface area (Å²) in [5, 5.41) is 0. The number of aromatic nitrogens is 2. The first kappa shape index (κ1) is 13.3. The number of rotatable bonds is 3. The van der Waals surface area contributed by atoms with Gasteiger partial charge in [0, 0.05) is 45.0 Å². The van der Waals surface area contributed by atoms with Crippen molar-refractivity contribution in [2.24, 2.45) is 0 Å². The van der Waals surface area contributed by atoms with Gasteiger partial charge in [-0.1, -0.05) is 0 Å². The quantitative estimate of drug-likeness (QED) is 0.820. The van der Waals surface area contributed by atoms with Crippen molar-refractivity contribution in [1.29, 1.82) is 0 Å². The standard InChI is InChI=1S/C14H24N4/c1-11(2)18-9-5-6-12(10-18)13-14(17(3)4)16-8-7-15-13/h7-8,11-12H,5-6,9-10H2,1-4H3. The summed E-state index contributed by atoms with van der Waals surface area (Å²) >= 11 is 0. The third-order valence-electron chi connectivity index (χ3n) is 3.70. The third-order valence-corrected chi connectivity index (χ3v) is 3.70. The Morgan fingerprint density at radius 2 is 2.00 bits per heavy atom. The van der Waals surface area contributed by atoms with Crippen LogP contribution in [0.15, 0.2) is 12.4 Å². The van der Waals surface area contributed by atoms with Gasteiger partial charge in [-0.2, -0.15) is 0 Å². The first-order chi connectivity index (χ1) is 8.59. The van der Waals surface area contributed by atoms with Crippen molar-refractivity contribution in [1.82, 2.24) is 14.9 Å². The SMILES string of the molecule is CC(C)N1CCCC(c2nccnc2N(C)C)C1. The lowest BCUT2D eigenvalue weighted by Crippen LogP contribution is -2.39. The van der Waals surface area contributed by atoms with Gasteiger partial charge in [-0.15, -0.1) is 0 Å². The fourth-order valence-corrected chi connectivity index (χ4v) is 2.67. The van der Waals surface area contributed by atoms with Crippen LogP contribution in [0.5, 0.6) is 0 Å². The van der Waals surface area contributed by atoms with Crippen molar-refractivity contribution < 1.29 is 0 Å². The van der Waals surface area contributed by atoms with Crippen molar-refractivity contribution in [3.8, 4) is 0 Å². The number of anilines is 1. The predicted octanol–water partition coefficient (Wildman–Crippen LogP) is 2.13. The van der Waals surface area contributed by atoms with Crippen molar-refractivity contribution in [3.63, 3.8) is 0 Å². The molecule has 1 aromatic heterocycles. The summed E-state index contributed by atoms with van der Waals surface area (Å²) in [6.07, 6.45) is 6.08. The average Bonchev–Trinajstić information content (AvgIpc) is 2.39. The van der Waals surface area contributed by atoms with Gasteiger partial charge in [0.1, 0.15) is 5.82 Å². The van der Waals surface area contributed by atoms with Crippen LogP contribution in [0.2, 0.25) is 0 Å². The molecule has 1 aliphatic rings. The summed E-state index contributed by atoms with van der Waals surface area (Å²) in [6.45, 7) is 6.86. The molecule has 0 aromatic carbocycles. The largest absolute Gasteiger partial charge is 0.361 e. The molecule has 1 fully saturated rings. The van der Waals surface area contributed by atoms with E-state index in [1.54, 1.807) is 6.20 Å². The summed E-state index contributed by atoms with van der Waals surface area (Å²) in [5.41, 5.74) is 1.16. The Kier molecular flexibility index (Phi) is 4.17. The smallest absolute Gasteiger partial charge is 0.150 e. The zero-order chi connectivity index (χ0) is 13.1. The molecule has 0 saturated carbocycles. The number of nitrogens with zero attached hydrogens (tertiary/aromatic N) is 4. The fourth-order valence-electron chi connectivity index (χ4n) is 2.67. The summed E-state index contributed by atoms with van der Waals surface area (Å²) in [6, 6.07) is 0.618. The Bertz CT molecular complexity index is 389. The van der Waals surface area contributed by atoms with Crippen LogP contribution in [0.4, 0.5) is 5.82 Å². The molecule has 2 heterocycles. The molecule has 0 aliphatic carbocycles. The van der Waals surface area contributed by atoms with Gasteiger partial charge in [0.05, 0.1) is 5.69 Å². The summed E-state index contributed by atoms with van der Waals surface area (Å²) in [7, 11) is 4.08. The van der Waals surface area contributed by atoms with Crippen molar-refractivity contribution >= 4 is 5.82 Å². The Hall–Kier alpha value is -1.16. The molecule has 4 nitrogen and oxygen atoms in total. The van der Waals surface area contributed by atoms with Gasteiger partial charge < -0.3 is 9.80 Å². The molecule has 0 N–H and O–H groups in total. The number of likely N-dealkylation sites (tertiary alicyclic amines) is 1. The maximum absolute atomic E-state index is 4.59. The zero-order valence-electron chi connectivity index (χ0n) is 11.9. The lowest BCUT2D eigenvalue weighted by molar-refractivity contribution is 0.166. The first-order valence-corrected chi connectivity index (χ1v) is 6.82. The number of hydrogen-bond donors (Lipinski definition) is 0. The minimum Gasteiger partial charge on any atom is -0.361 e. The van der Waals surface area contributed by atoms with Gasteiger partial charge in [0.15, 0.2) is 0 Å². The summed E-state index contributed by atoms with van der Waals surface area (Å²) < 4.78 is 0. The first-order valence-electron chi connectivity index (χ1n) is 6.82. The highest BCUT2D eigenvalue weighted by Crippen LogP contribution is 2.30. The maximum atomic E-state index is 4.59. The molecular formula is C14H24N4. The zero-order valence-corrected chi connectivity index (χ0v) is 11.9. The van der Waals surface area contributed by atoms with Crippen LogP contribution in [0, 0.1) is 0 Å². The van der Waals surface area contributed by atoms with Crippen LogP contribution >= 0.6 is 0 Å². The molecule has 0 bridgehead atoms. The van der Waals surface area contributed by atoms with Crippen LogP contribution in [0.1, 0.15) is 38.3 Å². The summed E-state index contributed by atoms with van der Waals surface area (Å²) in [5.74, 6) is 1.54. The maximum Gasteiger partial charge on any atom is 0.150 e. The van der Waals surface area contributed by atoms with E-state index in [1.165, 1.54) is 19.4 Å². The van der Waals surface area contributed by atoms with E-state index in [2.05, 4.69) is 33.6 Å². The Labute approximate surface area is 110 Å².